The summed E-state index contributed by atoms with van der Waals surface area (Å²) in [5.74, 6) is 0.242. The summed E-state index contributed by atoms with van der Waals surface area (Å²) in [5.41, 5.74) is 0. The molecule has 0 saturated carbocycles. The normalized spacial score (nSPS) is 14.5. The van der Waals surface area contributed by atoms with E-state index in [1.807, 2.05) is 7.05 Å². The molecule has 0 aliphatic carbocycles. The van der Waals surface area contributed by atoms with Crippen molar-refractivity contribution in [2.75, 3.05) is 38.7 Å². The molecule has 0 aromatic carbocycles. The van der Waals surface area contributed by atoms with Crippen LogP contribution in [0.2, 0.25) is 0 Å². The van der Waals surface area contributed by atoms with Gasteiger partial charge in [-0.1, -0.05) is 13.8 Å². The van der Waals surface area contributed by atoms with E-state index < -0.39 is 9.84 Å². The first kappa shape index (κ1) is 14.9. The molecule has 0 fully saturated rings. The Bertz CT molecular complexity index is 252. The molecule has 0 aliphatic heterocycles. The molecule has 0 aliphatic rings. The molecule has 0 aromatic heterocycles. The van der Waals surface area contributed by atoms with Crippen LogP contribution in [0.1, 0.15) is 20.3 Å². The second-order valence-electron chi connectivity index (χ2n) is 3.98. The van der Waals surface area contributed by atoms with Crippen LogP contribution < -0.4 is 5.32 Å². The van der Waals surface area contributed by atoms with Gasteiger partial charge in [0.1, 0.15) is 9.84 Å². The molecule has 1 atom stereocenters. The summed E-state index contributed by atoms with van der Waals surface area (Å²) in [6.07, 6.45) is 2.32. The predicted molar refractivity (Wildman–Crippen MR) is 65.0 cm³/mol. The highest BCUT2D eigenvalue weighted by Crippen LogP contribution is 2.00. The van der Waals surface area contributed by atoms with Crippen LogP contribution >= 0.6 is 0 Å². The van der Waals surface area contributed by atoms with Crippen LogP contribution in [-0.2, 0) is 9.84 Å². The molecule has 15 heavy (non-hydrogen) atoms. The van der Waals surface area contributed by atoms with Gasteiger partial charge in [0.25, 0.3) is 0 Å². The van der Waals surface area contributed by atoms with E-state index in [1.54, 1.807) is 0 Å². The lowest BCUT2D eigenvalue weighted by Gasteiger charge is -2.26. The lowest BCUT2D eigenvalue weighted by atomic mass is 10.2. The lowest BCUT2D eigenvalue weighted by molar-refractivity contribution is 0.242. The second-order valence-corrected chi connectivity index (χ2v) is 6.24. The number of nitrogens with one attached hydrogen (secondary N) is 1. The molecule has 1 N–H and O–H groups in total. The monoisotopic (exact) mass is 236 g/mol. The van der Waals surface area contributed by atoms with Crippen LogP contribution in [0.5, 0.6) is 0 Å². The van der Waals surface area contributed by atoms with Crippen molar-refractivity contribution in [3.05, 3.63) is 0 Å². The van der Waals surface area contributed by atoms with Gasteiger partial charge in [-0.3, -0.25) is 0 Å². The summed E-state index contributed by atoms with van der Waals surface area (Å²) in [6.45, 7) is 6.69. The van der Waals surface area contributed by atoms with Crippen LogP contribution in [0.4, 0.5) is 0 Å². The first-order valence-corrected chi connectivity index (χ1v) is 7.55. The van der Waals surface area contributed by atoms with Gasteiger partial charge in [0.2, 0.25) is 0 Å². The molecule has 0 amide bonds. The first-order valence-electron chi connectivity index (χ1n) is 5.49. The lowest BCUT2D eigenvalue weighted by Crippen LogP contribution is -2.41. The number of nitrogens with zero attached hydrogens (tertiary/aromatic N) is 1. The zero-order valence-electron chi connectivity index (χ0n) is 10.3. The highest BCUT2D eigenvalue weighted by Gasteiger charge is 2.13. The minimum absolute atomic E-state index is 0.242. The summed E-state index contributed by atoms with van der Waals surface area (Å²) in [7, 11) is -0.861. The second kappa shape index (κ2) is 7.19. The van der Waals surface area contributed by atoms with Crippen molar-refractivity contribution >= 4 is 9.84 Å². The molecule has 0 heterocycles. The fraction of sp³-hybridized carbons (Fsp3) is 1.00. The number of likely N-dealkylation sites (N-methyl/N-ethyl adjacent to an activating group) is 2. The smallest absolute Gasteiger partial charge is 0.148 e. The molecule has 0 saturated heterocycles. The summed E-state index contributed by atoms with van der Waals surface area (Å²) >= 11 is 0. The zero-order valence-corrected chi connectivity index (χ0v) is 11.1. The number of sulfone groups is 1. The number of rotatable bonds is 8. The Hall–Kier alpha value is -0.130. The van der Waals surface area contributed by atoms with Crippen LogP contribution in [0.25, 0.3) is 0 Å². The van der Waals surface area contributed by atoms with E-state index in [1.165, 1.54) is 6.26 Å². The van der Waals surface area contributed by atoms with E-state index in [0.29, 0.717) is 12.6 Å². The van der Waals surface area contributed by atoms with Crippen molar-refractivity contribution in [3.63, 3.8) is 0 Å². The molecular weight excluding hydrogens is 212 g/mol. The SMILES string of the molecule is CCNCC(CC)N(C)CCS(C)(=O)=O. The van der Waals surface area contributed by atoms with Gasteiger partial charge in [-0.05, 0) is 20.0 Å². The van der Waals surface area contributed by atoms with Gasteiger partial charge in [0.15, 0.2) is 0 Å². The molecule has 0 rings (SSSR count). The average Bonchev–Trinajstić information content (AvgIpc) is 2.15. The molecule has 1 unspecified atom stereocenters. The van der Waals surface area contributed by atoms with Gasteiger partial charge in [0, 0.05) is 25.4 Å². The first-order chi connectivity index (χ1) is 6.90. The van der Waals surface area contributed by atoms with Crippen molar-refractivity contribution in [3.8, 4) is 0 Å². The molecule has 0 radical (unpaired) electrons. The van der Waals surface area contributed by atoms with Gasteiger partial charge in [-0.15, -0.1) is 0 Å². The third kappa shape index (κ3) is 7.76. The Morgan fingerprint density at radius 1 is 1.33 bits per heavy atom. The van der Waals surface area contributed by atoms with Gasteiger partial charge in [-0.2, -0.15) is 0 Å². The Kier molecular flexibility index (Phi) is 7.13. The van der Waals surface area contributed by atoms with Crippen LogP contribution in [0, 0.1) is 0 Å². The zero-order chi connectivity index (χ0) is 11.9. The fourth-order valence-corrected chi connectivity index (χ4v) is 2.03. The van der Waals surface area contributed by atoms with Gasteiger partial charge in [0.05, 0.1) is 5.75 Å². The maximum atomic E-state index is 11.0. The molecule has 5 heteroatoms. The third-order valence-corrected chi connectivity index (χ3v) is 3.46. The molecule has 4 nitrogen and oxygen atoms in total. The summed E-state index contributed by atoms with van der Waals surface area (Å²) in [4.78, 5) is 2.11. The number of hydrogen-bond acceptors (Lipinski definition) is 4. The molecule has 0 aromatic rings. The molecule has 0 spiro atoms. The number of hydrogen-bond donors (Lipinski definition) is 1. The van der Waals surface area contributed by atoms with E-state index in [-0.39, 0.29) is 5.75 Å². The maximum absolute atomic E-state index is 11.0. The molecule has 0 bridgehead atoms. The van der Waals surface area contributed by atoms with E-state index >= 15 is 0 Å². The van der Waals surface area contributed by atoms with E-state index in [9.17, 15) is 8.42 Å². The van der Waals surface area contributed by atoms with Gasteiger partial charge < -0.3 is 10.2 Å². The van der Waals surface area contributed by atoms with Crippen molar-refractivity contribution < 1.29 is 8.42 Å². The summed E-state index contributed by atoms with van der Waals surface area (Å²) in [6, 6.07) is 0.423. The standard InChI is InChI=1S/C10H24N2O2S/c1-5-10(9-11-6-2)12(3)7-8-15(4,13)14/h10-11H,5-9H2,1-4H3. The summed E-state index contributed by atoms with van der Waals surface area (Å²) in [5, 5.41) is 3.29. The molecular formula is C10H24N2O2S. The Morgan fingerprint density at radius 3 is 2.33 bits per heavy atom. The topological polar surface area (TPSA) is 49.4 Å². The van der Waals surface area contributed by atoms with Crippen LogP contribution in [0.3, 0.4) is 0 Å². The minimum atomic E-state index is -2.84. The third-order valence-electron chi connectivity index (χ3n) is 2.54. The fourth-order valence-electron chi connectivity index (χ4n) is 1.42. The van der Waals surface area contributed by atoms with Crippen molar-refractivity contribution in [1.29, 1.82) is 0 Å². The van der Waals surface area contributed by atoms with Gasteiger partial charge >= 0.3 is 0 Å². The summed E-state index contributed by atoms with van der Waals surface area (Å²) < 4.78 is 22.0. The Labute approximate surface area is 94.0 Å². The van der Waals surface area contributed by atoms with E-state index in [2.05, 4.69) is 24.1 Å². The largest absolute Gasteiger partial charge is 0.315 e. The van der Waals surface area contributed by atoms with Crippen LogP contribution in [0.15, 0.2) is 0 Å². The highest BCUT2D eigenvalue weighted by molar-refractivity contribution is 7.90. The van der Waals surface area contributed by atoms with Crippen molar-refractivity contribution in [1.82, 2.24) is 10.2 Å². The Balaban J connectivity index is 3.98. The van der Waals surface area contributed by atoms with Crippen molar-refractivity contribution in [2.45, 2.75) is 26.3 Å². The average molecular weight is 236 g/mol. The van der Waals surface area contributed by atoms with Gasteiger partial charge in [-0.25, -0.2) is 8.42 Å². The van der Waals surface area contributed by atoms with Crippen LogP contribution in [-0.4, -0.2) is 58.1 Å². The molecule has 92 valence electrons. The van der Waals surface area contributed by atoms with Crippen molar-refractivity contribution in [2.24, 2.45) is 0 Å². The predicted octanol–water partition coefficient (Wildman–Crippen LogP) is 0.351. The minimum Gasteiger partial charge on any atom is -0.315 e. The van der Waals surface area contributed by atoms with E-state index in [0.717, 1.165) is 19.5 Å². The maximum Gasteiger partial charge on any atom is 0.148 e. The quantitative estimate of drug-likeness (QED) is 0.661. The van der Waals surface area contributed by atoms with E-state index in [4.69, 9.17) is 0 Å². The Morgan fingerprint density at radius 2 is 1.93 bits per heavy atom. The highest BCUT2D eigenvalue weighted by atomic mass is 32.2.